The van der Waals surface area contributed by atoms with E-state index >= 15 is 0 Å². The van der Waals surface area contributed by atoms with E-state index < -0.39 is 53.6 Å². The second-order valence-electron chi connectivity index (χ2n) is 9.78. The predicted octanol–water partition coefficient (Wildman–Crippen LogP) is 3.41. The highest BCUT2D eigenvalue weighted by Gasteiger charge is 2.44. The van der Waals surface area contributed by atoms with Crippen molar-refractivity contribution in [1.29, 1.82) is 0 Å². The van der Waals surface area contributed by atoms with Gasteiger partial charge in [0, 0.05) is 9.49 Å². The van der Waals surface area contributed by atoms with Crippen LogP contribution in [0.4, 0.5) is 0 Å². The first-order valence-corrected chi connectivity index (χ1v) is 16.4. The maximum atomic E-state index is 12.9. The molecule has 14 heteroatoms. The molecule has 4 N–H and O–H groups in total. The van der Waals surface area contributed by atoms with Crippen LogP contribution in [-0.2, 0) is 29.6 Å². The Morgan fingerprint density at radius 3 is 1.16 bits per heavy atom. The minimum Gasteiger partial charge on any atom is -0.480 e. The van der Waals surface area contributed by atoms with E-state index in [-0.39, 0.29) is 9.79 Å². The molecule has 0 amide bonds. The van der Waals surface area contributed by atoms with E-state index in [1.807, 2.05) is 0 Å². The largest absolute Gasteiger partial charge is 0.480 e. The normalized spacial score (nSPS) is 14.6. The Morgan fingerprint density at radius 2 is 0.921 bits per heavy atom. The van der Waals surface area contributed by atoms with E-state index in [1.54, 1.807) is 38.1 Å². The van der Waals surface area contributed by atoms with Gasteiger partial charge in [-0.2, -0.15) is 9.44 Å². The van der Waals surface area contributed by atoms with Gasteiger partial charge in [-0.05, 0) is 65.8 Å². The lowest BCUT2D eigenvalue weighted by Crippen LogP contribution is -2.54. The van der Waals surface area contributed by atoms with Crippen molar-refractivity contribution in [3.63, 3.8) is 0 Å². The van der Waals surface area contributed by atoms with Gasteiger partial charge < -0.3 is 10.2 Å². The maximum Gasteiger partial charge on any atom is 0.323 e. The molecule has 0 heterocycles. The molecule has 0 saturated heterocycles. The number of carboxylic acids is 2. The molecular weight excluding hydrogens is 573 g/mol. The molecule has 2 unspecified atom stereocenters. The van der Waals surface area contributed by atoms with E-state index in [2.05, 4.69) is 9.44 Å². The molecule has 0 saturated carbocycles. The standard InChI is InChI=1S/C24H32N2O8S4/c1-15-7-11-17(12-8-15)37(31,32)25-19(21(27)28)23(3,4)35-36-24(5,6)20(22(29)30)26-38(33,34)18-13-9-16(2)10-14-18/h7-14,19-20,25-26H,1-6H3,(H,27,28)(H,29,30). The highest BCUT2D eigenvalue weighted by atomic mass is 33.1. The molecule has 0 spiro atoms. The summed E-state index contributed by atoms with van der Waals surface area (Å²) in [5.74, 6) is -2.85. The Morgan fingerprint density at radius 1 is 0.658 bits per heavy atom. The molecule has 2 aromatic rings. The molecule has 38 heavy (non-hydrogen) atoms. The van der Waals surface area contributed by atoms with Crippen molar-refractivity contribution in [2.45, 2.75) is 72.9 Å². The SMILES string of the molecule is Cc1ccc(S(=O)(=O)NC(C(=O)O)C(C)(C)SSC(C)(C)C(NS(=O)(=O)c2ccc(C)cc2)C(=O)O)cc1. The topological polar surface area (TPSA) is 167 Å². The number of rotatable bonds is 13. The molecule has 0 aliphatic heterocycles. The number of hydrogen-bond donors (Lipinski definition) is 4. The Balaban J connectivity index is 2.25. The van der Waals surface area contributed by atoms with Crippen molar-refractivity contribution in [2.75, 3.05) is 0 Å². The molecule has 210 valence electrons. The van der Waals surface area contributed by atoms with Crippen LogP contribution in [-0.4, -0.2) is 60.6 Å². The van der Waals surface area contributed by atoms with Crippen LogP contribution in [0.5, 0.6) is 0 Å². The lowest BCUT2D eigenvalue weighted by Gasteiger charge is -2.36. The fraction of sp³-hybridized carbons (Fsp3) is 0.417. The molecule has 2 atom stereocenters. The zero-order valence-corrected chi connectivity index (χ0v) is 25.0. The van der Waals surface area contributed by atoms with Gasteiger partial charge in [0.15, 0.2) is 0 Å². The quantitative estimate of drug-likeness (QED) is 0.249. The van der Waals surface area contributed by atoms with Crippen LogP contribution in [0, 0.1) is 13.8 Å². The number of hydrogen-bond acceptors (Lipinski definition) is 8. The third-order valence-electron chi connectivity index (χ3n) is 5.56. The smallest absolute Gasteiger partial charge is 0.323 e. The van der Waals surface area contributed by atoms with Crippen LogP contribution in [0.25, 0.3) is 0 Å². The van der Waals surface area contributed by atoms with E-state index in [9.17, 15) is 36.6 Å². The van der Waals surface area contributed by atoms with Gasteiger partial charge in [0.05, 0.1) is 9.79 Å². The zero-order valence-electron chi connectivity index (χ0n) is 21.8. The fourth-order valence-corrected chi connectivity index (χ4v) is 8.80. The van der Waals surface area contributed by atoms with E-state index in [4.69, 9.17) is 0 Å². The first-order chi connectivity index (χ1) is 17.3. The number of carboxylic acid groups (broad SMARTS) is 2. The monoisotopic (exact) mass is 604 g/mol. The van der Waals surface area contributed by atoms with Gasteiger partial charge in [0.1, 0.15) is 12.1 Å². The molecule has 0 bridgehead atoms. The molecule has 2 rings (SSSR count). The number of benzene rings is 2. The van der Waals surface area contributed by atoms with Crippen LogP contribution in [0.2, 0.25) is 0 Å². The Hall–Kier alpha value is -2.10. The van der Waals surface area contributed by atoms with Crippen molar-refractivity contribution in [2.24, 2.45) is 0 Å². The maximum absolute atomic E-state index is 12.9. The van der Waals surface area contributed by atoms with E-state index in [0.29, 0.717) is 0 Å². The van der Waals surface area contributed by atoms with Crippen LogP contribution in [0.1, 0.15) is 38.8 Å². The summed E-state index contributed by atoms with van der Waals surface area (Å²) in [4.78, 5) is 24.0. The molecule has 0 aliphatic carbocycles. The van der Waals surface area contributed by atoms with E-state index in [0.717, 1.165) is 32.7 Å². The minimum atomic E-state index is -4.18. The summed E-state index contributed by atoms with van der Waals surface area (Å²) in [6, 6.07) is 8.65. The van der Waals surface area contributed by atoms with E-state index in [1.165, 1.54) is 52.0 Å². The molecule has 0 aliphatic rings. The Labute approximate surface area is 231 Å². The molecule has 0 radical (unpaired) electrons. The first-order valence-electron chi connectivity index (χ1n) is 11.3. The summed E-state index contributed by atoms with van der Waals surface area (Å²) in [6.45, 7) is 9.58. The van der Waals surface area contributed by atoms with Crippen LogP contribution >= 0.6 is 21.6 Å². The van der Waals surface area contributed by atoms with Gasteiger partial charge in [-0.3, -0.25) is 9.59 Å². The average molecular weight is 605 g/mol. The third kappa shape index (κ3) is 8.20. The molecule has 2 aromatic carbocycles. The summed E-state index contributed by atoms with van der Waals surface area (Å²) >= 11 is 0. The Kier molecular flexibility index (Phi) is 10.1. The summed E-state index contributed by atoms with van der Waals surface area (Å²) in [7, 11) is -6.49. The summed E-state index contributed by atoms with van der Waals surface area (Å²) in [6.07, 6.45) is 0. The van der Waals surface area contributed by atoms with Crippen molar-refractivity contribution in [1.82, 2.24) is 9.44 Å². The number of aliphatic carboxylic acids is 2. The fourth-order valence-electron chi connectivity index (χ4n) is 3.17. The van der Waals surface area contributed by atoms with Gasteiger partial charge in [0.2, 0.25) is 20.0 Å². The average Bonchev–Trinajstić information content (AvgIpc) is 2.80. The first kappa shape index (κ1) is 32.1. The minimum absolute atomic E-state index is 0.0976. The van der Waals surface area contributed by atoms with Crippen LogP contribution in [0.15, 0.2) is 58.3 Å². The summed E-state index contributed by atoms with van der Waals surface area (Å²) < 4.78 is 53.4. The third-order valence-corrected chi connectivity index (χ3v) is 12.7. The van der Waals surface area contributed by atoms with Crippen molar-refractivity contribution >= 4 is 53.6 Å². The Bertz CT molecular complexity index is 1260. The summed E-state index contributed by atoms with van der Waals surface area (Å²) in [5, 5.41) is 19.7. The molecule has 0 aromatic heterocycles. The van der Waals surface area contributed by atoms with Gasteiger partial charge in [-0.1, -0.05) is 57.0 Å². The van der Waals surface area contributed by atoms with Gasteiger partial charge in [0.25, 0.3) is 0 Å². The summed E-state index contributed by atoms with van der Waals surface area (Å²) in [5.41, 5.74) is 1.67. The number of aryl methyl sites for hydroxylation is 2. The number of carbonyl (C=O) groups is 2. The van der Waals surface area contributed by atoms with Gasteiger partial charge >= 0.3 is 11.9 Å². The molecule has 10 nitrogen and oxygen atoms in total. The van der Waals surface area contributed by atoms with Crippen molar-refractivity contribution in [3.05, 3.63) is 59.7 Å². The lowest BCUT2D eigenvalue weighted by molar-refractivity contribution is -0.140. The predicted molar refractivity (Wildman–Crippen MR) is 149 cm³/mol. The van der Waals surface area contributed by atoms with Crippen molar-refractivity contribution < 1.29 is 36.6 Å². The van der Waals surface area contributed by atoms with Crippen LogP contribution < -0.4 is 9.44 Å². The lowest BCUT2D eigenvalue weighted by atomic mass is 10.1. The van der Waals surface area contributed by atoms with Crippen molar-refractivity contribution in [3.8, 4) is 0 Å². The van der Waals surface area contributed by atoms with Crippen LogP contribution in [0.3, 0.4) is 0 Å². The second-order valence-corrected chi connectivity index (χ2v) is 16.7. The number of nitrogens with one attached hydrogen (secondary N) is 2. The zero-order chi connectivity index (χ0) is 29.1. The second kappa shape index (κ2) is 12.0. The molecular formula is C24H32N2O8S4. The number of sulfonamides is 2. The molecule has 0 fully saturated rings. The van der Waals surface area contributed by atoms with Gasteiger partial charge in [-0.15, -0.1) is 0 Å². The highest BCUT2D eigenvalue weighted by molar-refractivity contribution is 8.77. The highest BCUT2D eigenvalue weighted by Crippen LogP contribution is 2.47. The van der Waals surface area contributed by atoms with Gasteiger partial charge in [-0.25, -0.2) is 16.8 Å².